The van der Waals surface area contributed by atoms with Gasteiger partial charge in [-0.15, -0.1) is 11.3 Å². The molecular weight excluding hydrogens is 300 g/mol. The number of likely N-dealkylation sites (tertiary alicyclic amines) is 1. The number of nitrogens with zero attached hydrogens (tertiary/aromatic N) is 2. The van der Waals surface area contributed by atoms with Crippen LogP contribution >= 0.6 is 11.3 Å². The Balaban J connectivity index is 1.79. The normalized spacial score (nSPS) is 17.5. The average Bonchev–Trinajstić information content (AvgIpc) is 3.24. The van der Waals surface area contributed by atoms with Crippen LogP contribution in [0.2, 0.25) is 0 Å². The van der Waals surface area contributed by atoms with Gasteiger partial charge in [0.15, 0.2) is 0 Å². The predicted molar refractivity (Wildman–Crippen MR) is 82.9 cm³/mol. The fourth-order valence-electron chi connectivity index (χ4n) is 2.69. The van der Waals surface area contributed by atoms with Crippen molar-refractivity contribution < 1.29 is 14.3 Å². The summed E-state index contributed by atoms with van der Waals surface area (Å²) < 4.78 is 4.63. The Morgan fingerprint density at radius 2 is 2.23 bits per heavy atom. The maximum absolute atomic E-state index is 12.7. The summed E-state index contributed by atoms with van der Waals surface area (Å²) in [7, 11) is 1.32. The van der Waals surface area contributed by atoms with Crippen molar-refractivity contribution in [2.24, 2.45) is 0 Å². The van der Waals surface area contributed by atoms with Crippen molar-refractivity contribution in [1.29, 1.82) is 0 Å². The minimum Gasteiger partial charge on any atom is -0.465 e. The first-order chi connectivity index (χ1) is 10.7. The highest BCUT2D eigenvalue weighted by Gasteiger charge is 2.31. The average molecular weight is 316 g/mol. The molecule has 0 saturated carbocycles. The van der Waals surface area contributed by atoms with E-state index in [4.69, 9.17) is 0 Å². The van der Waals surface area contributed by atoms with Crippen molar-refractivity contribution in [3.05, 3.63) is 52.0 Å². The highest BCUT2D eigenvalue weighted by molar-refractivity contribution is 7.10. The molecule has 22 heavy (non-hydrogen) atoms. The number of amides is 1. The number of esters is 1. The van der Waals surface area contributed by atoms with Crippen LogP contribution in [0.3, 0.4) is 0 Å². The largest absolute Gasteiger partial charge is 0.465 e. The Bertz CT molecular complexity index is 667. The third-order valence-corrected chi connectivity index (χ3v) is 4.76. The number of rotatable bonds is 3. The van der Waals surface area contributed by atoms with Gasteiger partial charge in [0, 0.05) is 17.6 Å². The predicted octanol–water partition coefficient (Wildman–Crippen LogP) is 2.91. The Morgan fingerprint density at radius 3 is 2.86 bits per heavy atom. The molecule has 0 aliphatic carbocycles. The summed E-state index contributed by atoms with van der Waals surface area (Å²) in [6.45, 7) is 0.738. The summed E-state index contributed by atoms with van der Waals surface area (Å²) in [5.41, 5.74) is 0.700. The maximum Gasteiger partial charge on any atom is 0.339 e. The number of hydrogen-bond acceptors (Lipinski definition) is 5. The summed E-state index contributed by atoms with van der Waals surface area (Å²) in [5.74, 6) is -0.545. The fraction of sp³-hybridized carbons (Fsp3) is 0.312. The molecule has 0 N–H and O–H groups in total. The number of pyridine rings is 1. The molecule has 0 radical (unpaired) electrons. The molecule has 0 aromatic carbocycles. The number of carbonyl (C=O) groups excluding carboxylic acids is 2. The molecular formula is C16H16N2O3S. The van der Waals surface area contributed by atoms with Crippen LogP contribution in [0, 0.1) is 0 Å². The van der Waals surface area contributed by atoms with Gasteiger partial charge in [0.1, 0.15) is 5.69 Å². The molecule has 2 aromatic heterocycles. The zero-order chi connectivity index (χ0) is 15.5. The van der Waals surface area contributed by atoms with E-state index in [1.807, 2.05) is 16.3 Å². The van der Waals surface area contributed by atoms with Gasteiger partial charge >= 0.3 is 5.97 Å². The standard InChI is InChI=1S/C16H16N2O3S/c1-21-16(20)11-6-7-12(17-10-11)15(19)18-8-2-4-13(18)14-5-3-9-22-14/h3,5-7,9-10,13H,2,4,8H2,1H3/t13-/m0/s1. The first kappa shape index (κ1) is 14.7. The van der Waals surface area contributed by atoms with Gasteiger partial charge in [-0.25, -0.2) is 4.79 Å². The highest BCUT2D eigenvalue weighted by atomic mass is 32.1. The van der Waals surface area contributed by atoms with Crippen molar-refractivity contribution in [3.8, 4) is 0 Å². The molecule has 3 rings (SSSR count). The van der Waals surface area contributed by atoms with Crippen LogP contribution in [0.5, 0.6) is 0 Å². The lowest BCUT2D eigenvalue weighted by Gasteiger charge is -2.23. The lowest BCUT2D eigenvalue weighted by atomic mass is 10.1. The summed E-state index contributed by atoms with van der Waals surface area (Å²) in [4.78, 5) is 31.2. The zero-order valence-corrected chi connectivity index (χ0v) is 13.0. The van der Waals surface area contributed by atoms with Crippen LogP contribution in [-0.4, -0.2) is 35.4 Å². The monoisotopic (exact) mass is 316 g/mol. The SMILES string of the molecule is COC(=O)c1ccc(C(=O)N2CCC[C@H]2c2cccs2)nc1. The van der Waals surface area contributed by atoms with Crippen molar-refractivity contribution in [1.82, 2.24) is 9.88 Å². The van der Waals surface area contributed by atoms with Gasteiger partial charge in [-0.1, -0.05) is 6.07 Å². The number of methoxy groups -OCH3 is 1. The van der Waals surface area contributed by atoms with Crippen LogP contribution in [-0.2, 0) is 4.74 Å². The molecule has 0 bridgehead atoms. The van der Waals surface area contributed by atoms with E-state index in [2.05, 4.69) is 15.8 Å². The molecule has 1 saturated heterocycles. The molecule has 0 unspecified atom stereocenters. The van der Waals surface area contributed by atoms with Gasteiger partial charge in [0.2, 0.25) is 0 Å². The molecule has 1 aliphatic heterocycles. The number of aromatic nitrogens is 1. The maximum atomic E-state index is 12.7. The second kappa shape index (κ2) is 6.27. The van der Waals surface area contributed by atoms with E-state index >= 15 is 0 Å². The molecule has 6 heteroatoms. The number of thiophene rings is 1. The van der Waals surface area contributed by atoms with Crippen molar-refractivity contribution in [2.45, 2.75) is 18.9 Å². The molecule has 1 fully saturated rings. The number of carbonyl (C=O) groups is 2. The molecule has 1 amide bonds. The second-order valence-corrected chi connectivity index (χ2v) is 6.07. The van der Waals surface area contributed by atoms with Crippen LogP contribution in [0.25, 0.3) is 0 Å². The summed E-state index contributed by atoms with van der Waals surface area (Å²) in [5, 5.41) is 2.03. The van der Waals surface area contributed by atoms with Gasteiger partial charge in [-0.2, -0.15) is 0 Å². The van der Waals surface area contributed by atoms with E-state index in [1.165, 1.54) is 18.2 Å². The minimum absolute atomic E-state index is 0.0904. The van der Waals surface area contributed by atoms with Crippen LogP contribution < -0.4 is 0 Å². The molecule has 1 atom stereocenters. The Labute approximate surface area is 132 Å². The number of hydrogen-bond donors (Lipinski definition) is 0. The van der Waals surface area contributed by atoms with Crippen LogP contribution in [0.15, 0.2) is 35.8 Å². The van der Waals surface area contributed by atoms with E-state index in [1.54, 1.807) is 23.5 Å². The molecule has 114 valence electrons. The molecule has 1 aliphatic rings. The Hall–Kier alpha value is -2.21. The Morgan fingerprint density at radius 1 is 1.36 bits per heavy atom. The summed E-state index contributed by atoms with van der Waals surface area (Å²) >= 11 is 1.67. The molecule has 2 aromatic rings. The van der Waals surface area contributed by atoms with Gasteiger partial charge in [0.25, 0.3) is 5.91 Å². The summed E-state index contributed by atoms with van der Waals surface area (Å²) in [6, 6.07) is 7.36. The zero-order valence-electron chi connectivity index (χ0n) is 12.2. The molecule has 3 heterocycles. The van der Waals surface area contributed by atoms with E-state index < -0.39 is 5.97 Å². The first-order valence-corrected chi connectivity index (χ1v) is 7.97. The first-order valence-electron chi connectivity index (χ1n) is 7.09. The Kier molecular flexibility index (Phi) is 4.20. The van der Waals surface area contributed by atoms with Gasteiger partial charge in [-0.3, -0.25) is 9.78 Å². The van der Waals surface area contributed by atoms with Crippen LogP contribution in [0.1, 0.15) is 44.6 Å². The van der Waals surface area contributed by atoms with E-state index in [9.17, 15) is 9.59 Å². The summed E-state index contributed by atoms with van der Waals surface area (Å²) in [6.07, 6.45) is 3.36. The lowest BCUT2D eigenvalue weighted by Crippen LogP contribution is -2.30. The quantitative estimate of drug-likeness (QED) is 0.817. The van der Waals surface area contributed by atoms with Crippen molar-refractivity contribution in [3.63, 3.8) is 0 Å². The fourth-order valence-corrected chi connectivity index (χ4v) is 3.57. The molecule has 5 nitrogen and oxygen atoms in total. The van der Waals surface area contributed by atoms with E-state index in [-0.39, 0.29) is 11.9 Å². The number of ether oxygens (including phenoxy) is 1. The second-order valence-electron chi connectivity index (χ2n) is 5.10. The smallest absolute Gasteiger partial charge is 0.339 e. The third kappa shape index (κ3) is 2.74. The lowest BCUT2D eigenvalue weighted by molar-refractivity contribution is 0.0598. The van der Waals surface area contributed by atoms with Gasteiger partial charge in [0.05, 0.1) is 18.7 Å². The van der Waals surface area contributed by atoms with E-state index in [0.29, 0.717) is 11.3 Å². The van der Waals surface area contributed by atoms with Gasteiger partial charge < -0.3 is 9.64 Å². The van der Waals surface area contributed by atoms with Gasteiger partial charge in [-0.05, 0) is 36.4 Å². The molecule has 0 spiro atoms. The third-order valence-electron chi connectivity index (χ3n) is 3.79. The highest BCUT2D eigenvalue weighted by Crippen LogP contribution is 2.35. The van der Waals surface area contributed by atoms with E-state index in [0.717, 1.165) is 19.4 Å². The van der Waals surface area contributed by atoms with Crippen molar-refractivity contribution >= 4 is 23.2 Å². The van der Waals surface area contributed by atoms with Crippen LogP contribution in [0.4, 0.5) is 0 Å². The van der Waals surface area contributed by atoms with Crippen molar-refractivity contribution in [2.75, 3.05) is 13.7 Å². The topological polar surface area (TPSA) is 59.5 Å². The minimum atomic E-state index is -0.455.